The fourth-order valence-corrected chi connectivity index (χ4v) is 4.31. The molecule has 0 spiro atoms. The minimum Gasteiger partial charge on any atom is -0.127 e. The Morgan fingerprint density at radius 1 is 0.800 bits per heavy atom. The summed E-state index contributed by atoms with van der Waals surface area (Å²) in [6.45, 7) is 14.1. The third kappa shape index (κ3) is 3.42. The molecule has 0 nitrogen and oxygen atoms in total. The van der Waals surface area contributed by atoms with Gasteiger partial charge in [-0.05, 0) is 16.0 Å². The Balaban J connectivity index is 2.77. The van der Waals surface area contributed by atoms with Gasteiger partial charge in [-0.3, -0.25) is 0 Å². The van der Waals surface area contributed by atoms with Gasteiger partial charge in [-0.25, -0.2) is 0 Å². The maximum Gasteiger partial charge on any atom is 0.129 e. The Morgan fingerprint density at radius 2 is 1.45 bits per heavy atom. The molecule has 2 aromatic carbocycles. The summed E-state index contributed by atoms with van der Waals surface area (Å²) in [6, 6.07) is 13.2. The fourth-order valence-electron chi connectivity index (χ4n) is 2.28. The molecule has 0 amide bonds. The van der Waals surface area contributed by atoms with Gasteiger partial charge in [0.05, 0.1) is 8.07 Å². The largest absolute Gasteiger partial charge is 0.129 e. The maximum atomic E-state index is 3.55. The molecule has 0 aromatic heterocycles. The van der Waals surface area contributed by atoms with E-state index in [-0.39, 0.29) is 0 Å². The van der Waals surface area contributed by atoms with Crippen molar-refractivity contribution >= 4 is 32.1 Å². The summed E-state index contributed by atoms with van der Waals surface area (Å²) in [5.41, 5.74) is 4.84. The van der Waals surface area contributed by atoms with E-state index in [0.717, 1.165) is 0 Å². The van der Waals surface area contributed by atoms with Gasteiger partial charge in [0.2, 0.25) is 0 Å². The van der Waals surface area contributed by atoms with Crippen LogP contribution >= 0.6 is 0 Å². The van der Waals surface area contributed by atoms with Crippen molar-refractivity contribution in [1.29, 1.82) is 0 Å². The third-order valence-corrected chi connectivity index (χ3v) is 6.21. The quantitative estimate of drug-likeness (QED) is 0.532. The van der Waals surface area contributed by atoms with Gasteiger partial charge in [-0.2, -0.15) is 0 Å². The molecule has 0 heterocycles. The molecule has 0 atom stereocenters. The van der Waals surface area contributed by atoms with E-state index >= 15 is 0 Å². The monoisotopic (exact) mass is 296 g/mol. The van der Waals surface area contributed by atoms with Crippen LogP contribution in [0.25, 0.3) is 10.8 Å². The molecule has 0 aliphatic rings. The van der Waals surface area contributed by atoms with Gasteiger partial charge in [0.25, 0.3) is 0 Å². The molecule has 0 saturated heterocycles. The van der Waals surface area contributed by atoms with Crippen molar-refractivity contribution in [3.05, 3.63) is 42.0 Å². The lowest BCUT2D eigenvalue weighted by Crippen LogP contribution is -2.39. The van der Waals surface area contributed by atoms with Gasteiger partial charge in [-0.15, -0.1) is 5.54 Å². The normalized spacial score (nSPS) is 12.1. The van der Waals surface area contributed by atoms with Crippen LogP contribution in [0.5, 0.6) is 0 Å². The third-order valence-electron chi connectivity index (χ3n) is 3.30. The van der Waals surface area contributed by atoms with E-state index in [9.17, 15) is 0 Å². The van der Waals surface area contributed by atoms with Crippen LogP contribution in [-0.4, -0.2) is 16.1 Å². The average Bonchev–Trinajstić information content (AvgIpc) is 2.33. The molecule has 0 unspecified atom stereocenters. The molecular weight excluding hydrogens is 272 g/mol. The summed E-state index contributed by atoms with van der Waals surface area (Å²) >= 11 is 0. The zero-order valence-corrected chi connectivity index (χ0v) is 15.5. The van der Waals surface area contributed by atoms with Crippen LogP contribution < -0.4 is 5.19 Å². The molecule has 20 heavy (non-hydrogen) atoms. The predicted octanol–water partition coefficient (Wildman–Crippen LogP) is 4.61. The first-order chi connectivity index (χ1) is 9.18. The number of hydrogen-bond donors (Lipinski definition) is 0. The lowest BCUT2D eigenvalue weighted by molar-refractivity contribution is 1.67. The first kappa shape index (κ1) is 15.1. The first-order valence-electron chi connectivity index (χ1n) is 7.24. The van der Waals surface area contributed by atoms with Crippen LogP contribution in [-0.2, 0) is 0 Å². The molecule has 0 N–H and O–H groups in total. The lowest BCUT2D eigenvalue weighted by atomic mass is 10.1. The molecule has 0 fully saturated rings. The first-order valence-corrected chi connectivity index (χ1v) is 14.2. The van der Waals surface area contributed by atoms with Crippen molar-refractivity contribution in [3.8, 4) is 11.5 Å². The van der Waals surface area contributed by atoms with Gasteiger partial charge >= 0.3 is 0 Å². The Bertz CT molecular complexity index is 689. The highest BCUT2D eigenvalue weighted by Gasteiger charge is 2.21. The molecule has 2 heteroatoms. The second-order valence-electron chi connectivity index (χ2n) is 7.46. The van der Waals surface area contributed by atoms with Crippen LogP contribution in [0.15, 0.2) is 36.4 Å². The molecule has 2 aromatic rings. The van der Waals surface area contributed by atoms with Gasteiger partial charge in [0.15, 0.2) is 0 Å². The summed E-state index contributed by atoms with van der Waals surface area (Å²) in [5.74, 6) is 3.55. The summed E-state index contributed by atoms with van der Waals surface area (Å²) in [7, 11) is -2.73. The van der Waals surface area contributed by atoms with Crippen molar-refractivity contribution in [2.75, 3.05) is 0 Å². The minimum atomic E-state index is -1.38. The van der Waals surface area contributed by atoms with E-state index in [1.807, 2.05) is 0 Å². The summed E-state index contributed by atoms with van der Waals surface area (Å²) in [6.07, 6.45) is 0. The van der Waals surface area contributed by atoms with Crippen LogP contribution in [0.4, 0.5) is 0 Å². The summed E-state index contributed by atoms with van der Waals surface area (Å²) < 4.78 is 0. The second-order valence-corrected chi connectivity index (χ2v) is 17.2. The molecule has 0 aliphatic heterocycles. The SMILES string of the molecule is C[Si](C)(C)C#Cc1c([Si](C)(C)C)ccc2ccccc12. The van der Waals surface area contributed by atoms with E-state index in [0.29, 0.717) is 0 Å². The van der Waals surface area contributed by atoms with Crippen LogP contribution in [0.2, 0.25) is 39.3 Å². The zero-order chi connectivity index (χ0) is 15.0. The average molecular weight is 297 g/mol. The van der Waals surface area contributed by atoms with Gasteiger partial charge in [0.1, 0.15) is 8.07 Å². The maximum absolute atomic E-state index is 3.55. The van der Waals surface area contributed by atoms with Crippen molar-refractivity contribution in [1.82, 2.24) is 0 Å². The molecule has 0 bridgehead atoms. The van der Waals surface area contributed by atoms with Crippen molar-refractivity contribution in [2.45, 2.75) is 39.3 Å². The predicted molar refractivity (Wildman–Crippen MR) is 97.2 cm³/mol. The summed E-state index contributed by atoms with van der Waals surface area (Å²) in [4.78, 5) is 0. The van der Waals surface area contributed by atoms with Gasteiger partial charge < -0.3 is 0 Å². The molecule has 104 valence electrons. The van der Waals surface area contributed by atoms with E-state index in [1.165, 1.54) is 21.5 Å². The molecule has 2 rings (SSSR count). The number of fused-ring (bicyclic) bond motifs is 1. The highest BCUT2D eigenvalue weighted by Crippen LogP contribution is 2.19. The van der Waals surface area contributed by atoms with Crippen LogP contribution in [0.3, 0.4) is 0 Å². The second kappa shape index (κ2) is 5.23. The van der Waals surface area contributed by atoms with Crippen molar-refractivity contribution in [3.63, 3.8) is 0 Å². The standard InChI is InChI=1S/C18H24Si2/c1-19(2,3)14-13-17-16-10-8-7-9-15(16)11-12-18(17)20(4,5)6/h7-12H,1-6H3. The Kier molecular flexibility index (Phi) is 3.95. The Morgan fingerprint density at radius 3 is 2.05 bits per heavy atom. The topological polar surface area (TPSA) is 0 Å². The van der Waals surface area contributed by atoms with E-state index in [4.69, 9.17) is 0 Å². The molecule has 0 radical (unpaired) electrons. The fraction of sp³-hybridized carbons (Fsp3) is 0.333. The number of hydrogen-bond acceptors (Lipinski definition) is 0. The van der Waals surface area contributed by atoms with Gasteiger partial charge in [0, 0.05) is 5.56 Å². The highest BCUT2D eigenvalue weighted by molar-refractivity contribution is 6.89. The van der Waals surface area contributed by atoms with Crippen molar-refractivity contribution < 1.29 is 0 Å². The van der Waals surface area contributed by atoms with Crippen molar-refractivity contribution in [2.24, 2.45) is 0 Å². The number of benzene rings is 2. The minimum absolute atomic E-state index is 1.28. The summed E-state index contributed by atoms with van der Waals surface area (Å²) in [5, 5.41) is 4.11. The van der Waals surface area contributed by atoms with E-state index < -0.39 is 16.1 Å². The number of rotatable bonds is 1. The Labute approximate surface area is 125 Å². The Hall–Kier alpha value is -1.31. The van der Waals surface area contributed by atoms with E-state index in [1.54, 1.807) is 0 Å². The van der Waals surface area contributed by atoms with Crippen LogP contribution in [0.1, 0.15) is 5.56 Å². The molecule has 0 saturated carbocycles. The van der Waals surface area contributed by atoms with Gasteiger partial charge in [-0.1, -0.05) is 81.6 Å². The molecular formula is C18H24Si2. The zero-order valence-electron chi connectivity index (χ0n) is 13.5. The lowest BCUT2D eigenvalue weighted by Gasteiger charge is -2.20. The molecule has 0 aliphatic carbocycles. The van der Waals surface area contributed by atoms with E-state index in [2.05, 4.69) is 87.1 Å². The smallest absolute Gasteiger partial charge is 0.127 e. The van der Waals surface area contributed by atoms with Crippen LogP contribution in [0, 0.1) is 11.5 Å². The highest BCUT2D eigenvalue weighted by atomic mass is 28.3.